The molecule has 1 aromatic carbocycles. The van der Waals surface area contributed by atoms with Crippen molar-refractivity contribution in [3.8, 4) is 11.4 Å². The summed E-state index contributed by atoms with van der Waals surface area (Å²) < 4.78 is 20.2. The molecule has 0 spiro atoms. The fourth-order valence-corrected chi connectivity index (χ4v) is 3.22. The summed E-state index contributed by atoms with van der Waals surface area (Å²) in [5.41, 5.74) is 3.43. The van der Waals surface area contributed by atoms with Crippen molar-refractivity contribution in [1.29, 1.82) is 0 Å². The number of rotatable bonds is 8. The van der Waals surface area contributed by atoms with E-state index >= 15 is 0 Å². The van der Waals surface area contributed by atoms with Crippen LogP contribution in [0.3, 0.4) is 0 Å². The van der Waals surface area contributed by atoms with E-state index in [-0.39, 0.29) is 18.0 Å². The number of halogens is 1. The maximum absolute atomic E-state index is 12.9. The highest BCUT2D eigenvalue weighted by molar-refractivity contribution is 5.83. The fourth-order valence-electron chi connectivity index (χ4n) is 3.22. The van der Waals surface area contributed by atoms with Gasteiger partial charge in [0.2, 0.25) is 0 Å². The van der Waals surface area contributed by atoms with Crippen LogP contribution >= 0.6 is 0 Å². The minimum absolute atomic E-state index is 0.0988. The second-order valence-corrected chi connectivity index (χ2v) is 7.07. The molecular weight excluding hydrogens is 383 g/mol. The van der Waals surface area contributed by atoms with Gasteiger partial charge in [-0.15, -0.1) is 0 Å². The van der Waals surface area contributed by atoms with Crippen LogP contribution in [-0.4, -0.2) is 32.1 Å². The predicted octanol–water partition coefficient (Wildman–Crippen LogP) is 4.23. The molecule has 30 heavy (non-hydrogen) atoms. The number of aromatic nitrogens is 4. The van der Waals surface area contributed by atoms with Crippen molar-refractivity contribution in [2.75, 3.05) is 6.61 Å². The summed E-state index contributed by atoms with van der Waals surface area (Å²) in [6, 6.07) is 11.6. The first-order valence-corrected chi connectivity index (χ1v) is 9.74. The minimum atomic E-state index is -0.302. The van der Waals surface area contributed by atoms with Crippen molar-refractivity contribution < 1.29 is 13.9 Å². The molecule has 4 aromatic rings. The topological polar surface area (TPSA) is 69.9 Å². The highest BCUT2D eigenvalue weighted by Crippen LogP contribution is 2.19. The number of pyridine rings is 2. The van der Waals surface area contributed by atoms with Gasteiger partial charge in [-0.25, -0.2) is 9.07 Å². The van der Waals surface area contributed by atoms with Crippen LogP contribution in [-0.2, 0) is 11.2 Å². The number of hydrogen-bond acceptors (Lipinski definition) is 5. The van der Waals surface area contributed by atoms with Gasteiger partial charge in [-0.3, -0.25) is 14.8 Å². The molecule has 3 aromatic heterocycles. The van der Waals surface area contributed by atoms with Crippen LogP contribution in [0.25, 0.3) is 16.6 Å². The van der Waals surface area contributed by atoms with Gasteiger partial charge < -0.3 is 4.74 Å². The molecule has 0 bridgehead atoms. The molecular formula is C23H21FN4O2. The van der Waals surface area contributed by atoms with Crippen molar-refractivity contribution in [2.24, 2.45) is 0 Å². The Balaban J connectivity index is 1.33. The van der Waals surface area contributed by atoms with E-state index in [1.807, 2.05) is 29.8 Å². The molecule has 152 valence electrons. The second-order valence-electron chi connectivity index (χ2n) is 7.07. The number of nitrogens with zero attached hydrogens (tertiary/aromatic N) is 4. The van der Waals surface area contributed by atoms with Gasteiger partial charge in [0.25, 0.3) is 0 Å². The summed E-state index contributed by atoms with van der Waals surface area (Å²) in [6.07, 6.45) is 6.54. The SMILES string of the molecule is Cc1cc(-n2ncc3cc(CC(=O)CCCOc4ccc(F)cc4)ncc32)ccn1. The molecule has 3 heterocycles. The Morgan fingerprint density at radius 1 is 1.10 bits per heavy atom. The van der Waals surface area contributed by atoms with Crippen LogP contribution in [0, 0.1) is 12.7 Å². The van der Waals surface area contributed by atoms with E-state index in [2.05, 4.69) is 15.1 Å². The number of Topliss-reactive ketones (excluding diaryl/α,β-unsaturated/α-hetero) is 1. The highest BCUT2D eigenvalue weighted by atomic mass is 19.1. The molecule has 0 atom stereocenters. The van der Waals surface area contributed by atoms with E-state index < -0.39 is 0 Å². The number of ketones is 1. The first-order chi connectivity index (χ1) is 14.6. The first-order valence-electron chi connectivity index (χ1n) is 9.74. The van der Waals surface area contributed by atoms with E-state index in [1.165, 1.54) is 12.1 Å². The Morgan fingerprint density at radius 3 is 2.73 bits per heavy atom. The second kappa shape index (κ2) is 8.82. The molecule has 0 radical (unpaired) electrons. The normalized spacial score (nSPS) is 11.0. The Morgan fingerprint density at radius 2 is 1.93 bits per heavy atom. The molecule has 0 aliphatic carbocycles. The van der Waals surface area contributed by atoms with E-state index in [9.17, 15) is 9.18 Å². The molecule has 0 fully saturated rings. The molecule has 6 nitrogen and oxygen atoms in total. The number of ether oxygens (including phenoxy) is 1. The average molecular weight is 404 g/mol. The van der Waals surface area contributed by atoms with Crippen LogP contribution in [0.4, 0.5) is 4.39 Å². The van der Waals surface area contributed by atoms with Gasteiger partial charge in [0, 0.05) is 35.8 Å². The zero-order chi connectivity index (χ0) is 20.9. The molecule has 0 saturated heterocycles. The summed E-state index contributed by atoms with van der Waals surface area (Å²) in [5.74, 6) is 0.391. The lowest BCUT2D eigenvalue weighted by atomic mass is 10.1. The largest absolute Gasteiger partial charge is 0.494 e. The highest BCUT2D eigenvalue weighted by Gasteiger charge is 2.10. The standard InChI is InChI=1S/C23H21FN4O2/c1-16-11-20(8-9-25-16)28-23-15-26-19(12-17(23)14-27-28)13-21(29)3-2-10-30-22-6-4-18(24)5-7-22/h4-9,11-12,14-15H,2-3,10,13H2,1H3. The van der Waals surface area contributed by atoms with Gasteiger partial charge in [-0.2, -0.15) is 5.10 Å². The number of carbonyl (C=O) groups excluding carboxylic acids is 1. The molecule has 0 aliphatic rings. The van der Waals surface area contributed by atoms with E-state index in [0.29, 0.717) is 25.2 Å². The predicted molar refractivity (Wildman–Crippen MR) is 111 cm³/mol. The van der Waals surface area contributed by atoms with Gasteiger partial charge in [-0.1, -0.05) is 0 Å². The molecule has 0 unspecified atom stereocenters. The van der Waals surface area contributed by atoms with Crippen molar-refractivity contribution >= 4 is 16.7 Å². The van der Waals surface area contributed by atoms with Crippen LogP contribution in [0.15, 0.2) is 61.1 Å². The van der Waals surface area contributed by atoms with Gasteiger partial charge >= 0.3 is 0 Å². The van der Waals surface area contributed by atoms with Crippen LogP contribution in [0.2, 0.25) is 0 Å². The fraction of sp³-hybridized carbons (Fsp3) is 0.217. The Kier molecular flexibility index (Phi) is 5.79. The van der Waals surface area contributed by atoms with Crippen LogP contribution in [0.5, 0.6) is 5.75 Å². The van der Waals surface area contributed by atoms with Gasteiger partial charge in [0.15, 0.2) is 0 Å². The third kappa shape index (κ3) is 4.68. The van der Waals surface area contributed by atoms with E-state index in [0.717, 1.165) is 28.0 Å². The van der Waals surface area contributed by atoms with E-state index in [1.54, 1.807) is 30.7 Å². The molecule has 0 amide bonds. The van der Waals surface area contributed by atoms with Crippen LogP contribution in [0.1, 0.15) is 24.2 Å². The molecule has 7 heteroatoms. The minimum Gasteiger partial charge on any atom is -0.494 e. The smallest absolute Gasteiger partial charge is 0.138 e. The number of carbonyl (C=O) groups is 1. The first kappa shape index (κ1) is 19.7. The van der Waals surface area contributed by atoms with Gasteiger partial charge in [0.05, 0.1) is 30.2 Å². The Labute approximate surface area is 173 Å². The van der Waals surface area contributed by atoms with Crippen molar-refractivity contribution in [1.82, 2.24) is 19.7 Å². The van der Waals surface area contributed by atoms with Crippen molar-refractivity contribution in [2.45, 2.75) is 26.2 Å². The Bertz CT molecular complexity index is 1170. The van der Waals surface area contributed by atoms with Crippen molar-refractivity contribution in [3.63, 3.8) is 0 Å². The summed E-state index contributed by atoms with van der Waals surface area (Å²) in [7, 11) is 0. The van der Waals surface area contributed by atoms with E-state index in [4.69, 9.17) is 4.74 Å². The lowest BCUT2D eigenvalue weighted by Crippen LogP contribution is -2.07. The summed E-state index contributed by atoms with van der Waals surface area (Å²) in [5, 5.41) is 5.38. The zero-order valence-electron chi connectivity index (χ0n) is 16.6. The number of fused-ring (bicyclic) bond motifs is 1. The zero-order valence-corrected chi connectivity index (χ0v) is 16.6. The molecule has 0 N–H and O–H groups in total. The van der Waals surface area contributed by atoms with Crippen molar-refractivity contribution in [3.05, 3.63) is 78.3 Å². The number of aryl methyl sites for hydroxylation is 1. The lowest BCUT2D eigenvalue weighted by Gasteiger charge is -2.06. The summed E-state index contributed by atoms with van der Waals surface area (Å²) in [6.45, 7) is 2.34. The average Bonchev–Trinajstić information content (AvgIpc) is 3.16. The van der Waals surface area contributed by atoms with Gasteiger partial charge in [0.1, 0.15) is 17.3 Å². The number of benzene rings is 1. The summed E-state index contributed by atoms with van der Waals surface area (Å²) >= 11 is 0. The molecule has 0 aliphatic heterocycles. The van der Waals surface area contributed by atoms with Gasteiger partial charge in [-0.05, 0) is 55.8 Å². The lowest BCUT2D eigenvalue weighted by molar-refractivity contribution is -0.118. The molecule has 4 rings (SSSR count). The maximum Gasteiger partial charge on any atom is 0.138 e. The monoisotopic (exact) mass is 404 g/mol. The third-order valence-electron chi connectivity index (χ3n) is 4.70. The third-order valence-corrected chi connectivity index (χ3v) is 4.70. The Hall–Kier alpha value is -3.61. The maximum atomic E-state index is 12.9. The molecule has 0 saturated carbocycles. The quantitative estimate of drug-likeness (QED) is 0.411. The number of hydrogen-bond donors (Lipinski definition) is 0. The van der Waals surface area contributed by atoms with Crippen LogP contribution < -0.4 is 4.74 Å². The summed E-state index contributed by atoms with van der Waals surface area (Å²) in [4.78, 5) is 21.0.